The number of carbonyl (C=O) groups is 2. The number of likely N-dealkylation sites (N-methyl/N-ethyl adjacent to an activating group) is 1. The molecule has 0 aliphatic carbocycles. The van der Waals surface area contributed by atoms with Gasteiger partial charge in [0.25, 0.3) is 0 Å². The third-order valence-corrected chi connectivity index (χ3v) is 4.04. The van der Waals surface area contributed by atoms with Gasteiger partial charge >= 0.3 is 18.3 Å². The Morgan fingerprint density at radius 2 is 2.11 bits per heavy atom. The molecule has 0 radical (unpaired) electrons. The summed E-state index contributed by atoms with van der Waals surface area (Å²) in [6.45, 7) is 2.10. The molecule has 2 heterocycles. The largest absolute Gasteiger partial charge is 0.442 e. The number of aryl methyl sites for hydroxylation is 1. The number of alkyl halides is 3. The maximum absolute atomic E-state index is 13.0. The van der Waals surface area contributed by atoms with Crippen molar-refractivity contribution < 1.29 is 27.5 Å². The lowest BCUT2D eigenvalue weighted by Gasteiger charge is -2.13. The van der Waals surface area contributed by atoms with Gasteiger partial charge in [0.15, 0.2) is 0 Å². The number of rotatable bonds is 4. The number of benzene rings is 1. The molecule has 11 heteroatoms. The number of amides is 3. The van der Waals surface area contributed by atoms with E-state index in [1.165, 1.54) is 27.8 Å². The van der Waals surface area contributed by atoms with Crippen LogP contribution in [0, 0.1) is 6.92 Å². The molecule has 3 rings (SSSR count). The van der Waals surface area contributed by atoms with Gasteiger partial charge in [0.1, 0.15) is 11.9 Å². The van der Waals surface area contributed by atoms with Gasteiger partial charge in [-0.2, -0.15) is 18.3 Å². The molecule has 1 saturated heterocycles. The summed E-state index contributed by atoms with van der Waals surface area (Å²) in [6.07, 6.45) is -5.43. The Morgan fingerprint density at radius 3 is 2.75 bits per heavy atom. The van der Waals surface area contributed by atoms with Crippen LogP contribution in [0.1, 0.15) is 11.3 Å². The van der Waals surface area contributed by atoms with Crippen LogP contribution >= 0.6 is 0 Å². The molecule has 1 atom stereocenters. The molecule has 28 heavy (non-hydrogen) atoms. The molecule has 0 bridgehead atoms. The van der Waals surface area contributed by atoms with Crippen LogP contribution in [0.5, 0.6) is 0 Å². The van der Waals surface area contributed by atoms with Gasteiger partial charge in [-0.05, 0) is 25.1 Å². The van der Waals surface area contributed by atoms with E-state index in [9.17, 15) is 22.8 Å². The minimum atomic E-state index is -4.49. The van der Waals surface area contributed by atoms with Gasteiger partial charge in [0.05, 0.1) is 30.0 Å². The molecule has 2 aromatic rings. The van der Waals surface area contributed by atoms with Gasteiger partial charge in [-0.3, -0.25) is 5.32 Å². The summed E-state index contributed by atoms with van der Waals surface area (Å²) in [6, 6.07) is 5.56. The van der Waals surface area contributed by atoms with Gasteiger partial charge in [-0.15, -0.1) is 0 Å². The van der Waals surface area contributed by atoms with Crippen molar-refractivity contribution >= 4 is 17.9 Å². The highest BCUT2D eigenvalue weighted by atomic mass is 19.4. The van der Waals surface area contributed by atoms with Crippen LogP contribution in [0.3, 0.4) is 0 Å². The second-order valence-electron chi connectivity index (χ2n) is 6.35. The van der Waals surface area contributed by atoms with Crippen molar-refractivity contribution in [2.24, 2.45) is 0 Å². The van der Waals surface area contributed by atoms with Gasteiger partial charge in [-0.1, -0.05) is 6.07 Å². The summed E-state index contributed by atoms with van der Waals surface area (Å²) < 4.78 is 45.1. The first-order valence-corrected chi connectivity index (χ1v) is 8.34. The van der Waals surface area contributed by atoms with Gasteiger partial charge in [-0.25, -0.2) is 14.3 Å². The number of nitrogens with one attached hydrogen (secondary N) is 2. The quantitative estimate of drug-likeness (QED) is 0.831. The summed E-state index contributed by atoms with van der Waals surface area (Å²) in [4.78, 5) is 24.8. The fourth-order valence-corrected chi connectivity index (χ4v) is 2.72. The first-order chi connectivity index (χ1) is 13.1. The SMILES string of the molecule is Cc1cc(NC(=O)NC[C@@H]2CN(C)C(=O)O2)n(-c2cccc(C(F)(F)F)c2)n1. The zero-order chi connectivity index (χ0) is 20.5. The first kappa shape index (κ1) is 19.5. The Labute approximate surface area is 158 Å². The number of cyclic esters (lactones) is 1. The molecule has 3 amide bonds. The van der Waals surface area contributed by atoms with Crippen LogP contribution in [-0.4, -0.2) is 53.0 Å². The molecule has 0 saturated carbocycles. The second-order valence-corrected chi connectivity index (χ2v) is 6.35. The molecule has 0 unspecified atom stereocenters. The Morgan fingerprint density at radius 1 is 1.36 bits per heavy atom. The summed E-state index contributed by atoms with van der Waals surface area (Å²) >= 11 is 0. The Balaban J connectivity index is 1.70. The van der Waals surface area contributed by atoms with Crippen LogP contribution < -0.4 is 10.6 Å². The fourth-order valence-electron chi connectivity index (χ4n) is 2.72. The molecule has 2 N–H and O–H groups in total. The Hall–Kier alpha value is -3.24. The summed E-state index contributed by atoms with van der Waals surface area (Å²) in [5.74, 6) is 0.204. The monoisotopic (exact) mass is 397 g/mol. The van der Waals surface area contributed by atoms with E-state index in [2.05, 4.69) is 15.7 Å². The molecular formula is C17H18F3N5O3. The second kappa shape index (κ2) is 7.41. The standard InChI is InChI=1S/C17H18F3N5O3/c1-10-6-14(22-15(26)21-8-13-9-24(2)16(27)28-13)25(23-10)12-5-3-4-11(7-12)17(18,19)20/h3-7,13H,8-9H2,1-2H3,(H2,21,22,26)/t13-/m1/s1. The van der Waals surface area contributed by atoms with Crippen molar-refractivity contribution in [2.75, 3.05) is 25.5 Å². The highest BCUT2D eigenvalue weighted by Crippen LogP contribution is 2.31. The summed E-state index contributed by atoms with van der Waals surface area (Å²) in [7, 11) is 1.58. The predicted molar refractivity (Wildman–Crippen MR) is 93.2 cm³/mol. The molecule has 1 aliphatic rings. The molecule has 150 valence electrons. The molecule has 1 aromatic carbocycles. The van der Waals surface area contributed by atoms with Crippen molar-refractivity contribution in [1.82, 2.24) is 20.0 Å². The molecule has 1 fully saturated rings. The number of nitrogens with zero attached hydrogens (tertiary/aromatic N) is 3. The van der Waals surface area contributed by atoms with Crippen LogP contribution in [0.2, 0.25) is 0 Å². The average Bonchev–Trinajstić information content (AvgIpc) is 3.14. The number of halogens is 3. The lowest BCUT2D eigenvalue weighted by atomic mass is 10.2. The van der Waals surface area contributed by atoms with E-state index in [0.717, 1.165) is 12.1 Å². The van der Waals surface area contributed by atoms with E-state index in [4.69, 9.17) is 4.74 Å². The number of urea groups is 1. The highest BCUT2D eigenvalue weighted by Gasteiger charge is 2.31. The maximum atomic E-state index is 13.0. The molecule has 1 aromatic heterocycles. The predicted octanol–water partition coefficient (Wildman–Crippen LogP) is 2.77. The van der Waals surface area contributed by atoms with Crippen LogP contribution in [0.15, 0.2) is 30.3 Å². The van der Waals surface area contributed by atoms with Crippen molar-refractivity contribution in [2.45, 2.75) is 19.2 Å². The van der Waals surface area contributed by atoms with Crippen molar-refractivity contribution in [3.63, 3.8) is 0 Å². The van der Waals surface area contributed by atoms with Crippen molar-refractivity contribution in [3.8, 4) is 5.69 Å². The smallest absolute Gasteiger partial charge is 0.416 e. The van der Waals surface area contributed by atoms with Crippen LogP contribution in [0.4, 0.5) is 28.6 Å². The van der Waals surface area contributed by atoms with E-state index in [0.29, 0.717) is 12.2 Å². The number of aromatic nitrogens is 2. The fraction of sp³-hybridized carbons (Fsp3) is 0.353. The van der Waals surface area contributed by atoms with E-state index >= 15 is 0 Å². The number of anilines is 1. The van der Waals surface area contributed by atoms with Gasteiger partial charge < -0.3 is 15.0 Å². The Bertz CT molecular complexity index is 896. The topological polar surface area (TPSA) is 88.5 Å². The molecule has 8 nitrogen and oxygen atoms in total. The Kier molecular flexibility index (Phi) is 5.16. The minimum Gasteiger partial charge on any atom is -0.442 e. The van der Waals surface area contributed by atoms with E-state index < -0.39 is 30.0 Å². The average molecular weight is 397 g/mol. The lowest BCUT2D eigenvalue weighted by Crippen LogP contribution is -2.37. The van der Waals surface area contributed by atoms with E-state index in [1.54, 1.807) is 14.0 Å². The van der Waals surface area contributed by atoms with E-state index in [1.807, 2.05) is 0 Å². The third-order valence-electron chi connectivity index (χ3n) is 4.04. The molecule has 0 spiro atoms. The summed E-state index contributed by atoms with van der Waals surface area (Å²) in [5, 5.41) is 9.26. The highest BCUT2D eigenvalue weighted by molar-refractivity contribution is 5.88. The van der Waals surface area contributed by atoms with E-state index in [-0.39, 0.29) is 18.1 Å². The third kappa shape index (κ3) is 4.35. The number of hydrogen-bond donors (Lipinski definition) is 2. The normalized spacial score (nSPS) is 16.8. The van der Waals surface area contributed by atoms with Crippen molar-refractivity contribution in [3.05, 3.63) is 41.6 Å². The number of hydrogen-bond acceptors (Lipinski definition) is 4. The molecule has 1 aliphatic heterocycles. The minimum absolute atomic E-state index is 0.0958. The lowest BCUT2D eigenvalue weighted by molar-refractivity contribution is -0.137. The number of carbonyl (C=O) groups excluding carboxylic acids is 2. The van der Waals surface area contributed by atoms with Crippen LogP contribution in [0.25, 0.3) is 5.69 Å². The van der Waals surface area contributed by atoms with Crippen molar-refractivity contribution in [1.29, 1.82) is 0 Å². The summed E-state index contributed by atoms with van der Waals surface area (Å²) in [5.41, 5.74) is -0.149. The maximum Gasteiger partial charge on any atom is 0.416 e. The van der Waals surface area contributed by atoms with Gasteiger partial charge in [0, 0.05) is 13.1 Å². The zero-order valence-corrected chi connectivity index (χ0v) is 15.1. The van der Waals surface area contributed by atoms with Crippen LogP contribution in [-0.2, 0) is 10.9 Å². The number of ether oxygens (including phenoxy) is 1. The van der Waals surface area contributed by atoms with Gasteiger partial charge in [0.2, 0.25) is 0 Å². The molecular weight excluding hydrogens is 379 g/mol. The zero-order valence-electron chi connectivity index (χ0n) is 15.1. The first-order valence-electron chi connectivity index (χ1n) is 8.34.